The van der Waals surface area contributed by atoms with Crippen molar-refractivity contribution in [2.45, 2.75) is 59.7 Å². The highest BCUT2D eigenvalue weighted by atomic mass is 15.2. The summed E-state index contributed by atoms with van der Waals surface area (Å²) in [5, 5.41) is 3.66. The fraction of sp³-hybridized carbons (Fsp3) is 0.667. The van der Waals surface area contributed by atoms with E-state index in [0.29, 0.717) is 12.0 Å². The van der Waals surface area contributed by atoms with E-state index in [9.17, 15) is 0 Å². The number of benzene rings is 1. The minimum atomic E-state index is 0.180. The molecule has 114 valence electrons. The summed E-state index contributed by atoms with van der Waals surface area (Å²) in [5.41, 5.74) is 1.58. The maximum Gasteiger partial charge on any atom is 0.0247 e. The molecule has 0 saturated heterocycles. The molecule has 0 amide bonds. The van der Waals surface area contributed by atoms with Gasteiger partial charge in [-0.1, -0.05) is 51.1 Å². The summed E-state index contributed by atoms with van der Waals surface area (Å²) < 4.78 is 0. The van der Waals surface area contributed by atoms with E-state index in [2.05, 4.69) is 82.1 Å². The largest absolute Gasteiger partial charge is 0.311 e. The fourth-order valence-corrected chi connectivity index (χ4v) is 2.48. The minimum Gasteiger partial charge on any atom is -0.311 e. The second-order valence-corrected chi connectivity index (χ2v) is 6.99. The number of nitrogens with one attached hydrogen (secondary N) is 1. The summed E-state index contributed by atoms with van der Waals surface area (Å²) in [4.78, 5) is 2.58. The van der Waals surface area contributed by atoms with Crippen molar-refractivity contribution in [3.05, 3.63) is 35.9 Å². The van der Waals surface area contributed by atoms with E-state index >= 15 is 0 Å². The van der Waals surface area contributed by atoms with Crippen molar-refractivity contribution < 1.29 is 0 Å². The Hall–Kier alpha value is -0.860. The Morgan fingerprint density at radius 2 is 1.70 bits per heavy atom. The van der Waals surface area contributed by atoms with Crippen LogP contribution in [-0.2, 0) is 6.54 Å². The van der Waals surface area contributed by atoms with Crippen LogP contribution >= 0.6 is 0 Å². The van der Waals surface area contributed by atoms with Gasteiger partial charge in [0.15, 0.2) is 0 Å². The Balaban J connectivity index is 2.71. The summed E-state index contributed by atoms with van der Waals surface area (Å²) in [6.45, 7) is 16.8. The summed E-state index contributed by atoms with van der Waals surface area (Å²) in [7, 11) is 0. The van der Waals surface area contributed by atoms with Crippen LogP contribution in [0.15, 0.2) is 30.3 Å². The zero-order valence-corrected chi connectivity index (χ0v) is 14.1. The molecule has 0 bridgehead atoms. The van der Waals surface area contributed by atoms with E-state index in [-0.39, 0.29) is 5.54 Å². The quantitative estimate of drug-likeness (QED) is 0.812. The molecule has 1 rings (SSSR count). The molecule has 0 aliphatic carbocycles. The van der Waals surface area contributed by atoms with E-state index in [1.807, 2.05) is 0 Å². The highest BCUT2D eigenvalue weighted by Gasteiger charge is 2.22. The van der Waals surface area contributed by atoms with Gasteiger partial charge in [0.25, 0.3) is 0 Å². The van der Waals surface area contributed by atoms with Gasteiger partial charge in [0.1, 0.15) is 0 Å². The molecular formula is C18H32N2. The van der Waals surface area contributed by atoms with E-state index in [4.69, 9.17) is 0 Å². The van der Waals surface area contributed by atoms with Gasteiger partial charge in [-0.2, -0.15) is 0 Å². The molecule has 0 fully saturated rings. The summed E-state index contributed by atoms with van der Waals surface area (Å²) in [5.74, 6) is 0.647. The predicted octanol–water partition coefficient (Wildman–Crippen LogP) is 3.92. The molecule has 0 spiro atoms. The maximum absolute atomic E-state index is 3.66. The lowest BCUT2D eigenvalue weighted by Crippen LogP contribution is -2.49. The van der Waals surface area contributed by atoms with Gasteiger partial charge in [0.2, 0.25) is 0 Å². The highest BCUT2D eigenvalue weighted by molar-refractivity contribution is 5.14. The lowest BCUT2D eigenvalue weighted by atomic mass is 9.99. The number of nitrogens with zero attached hydrogens (tertiary/aromatic N) is 1. The molecule has 1 atom stereocenters. The van der Waals surface area contributed by atoms with Crippen LogP contribution in [0, 0.1) is 5.92 Å². The Morgan fingerprint density at radius 3 is 2.15 bits per heavy atom. The van der Waals surface area contributed by atoms with Crippen molar-refractivity contribution in [2.75, 3.05) is 13.1 Å². The van der Waals surface area contributed by atoms with Crippen LogP contribution in [0.4, 0.5) is 0 Å². The molecular weight excluding hydrogens is 244 g/mol. The molecule has 0 aliphatic rings. The number of rotatable bonds is 7. The van der Waals surface area contributed by atoms with Crippen LogP contribution < -0.4 is 5.32 Å². The molecule has 1 aromatic rings. The van der Waals surface area contributed by atoms with Gasteiger partial charge in [0, 0.05) is 24.7 Å². The number of hydrogen-bond donors (Lipinski definition) is 1. The average Bonchev–Trinajstić information content (AvgIpc) is 2.37. The van der Waals surface area contributed by atoms with Crippen LogP contribution in [0.1, 0.15) is 47.1 Å². The first-order chi connectivity index (χ1) is 9.33. The Bertz CT molecular complexity index is 365. The lowest BCUT2D eigenvalue weighted by molar-refractivity contribution is 0.143. The van der Waals surface area contributed by atoms with Crippen LogP contribution in [0.3, 0.4) is 0 Å². The summed E-state index contributed by atoms with van der Waals surface area (Å²) in [6.07, 6.45) is 0. The van der Waals surface area contributed by atoms with Crippen molar-refractivity contribution in [3.63, 3.8) is 0 Å². The summed E-state index contributed by atoms with van der Waals surface area (Å²) in [6, 6.07) is 11.3. The number of hydrogen-bond acceptors (Lipinski definition) is 2. The van der Waals surface area contributed by atoms with E-state index in [1.54, 1.807) is 0 Å². The minimum absolute atomic E-state index is 0.180. The third-order valence-electron chi connectivity index (χ3n) is 3.71. The third kappa shape index (κ3) is 6.06. The topological polar surface area (TPSA) is 15.3 Å². The monoisotopic (exact) mass is 276 g/mol. The van der Waals surface area contributed by atoms with E-state index in [1.165, 1.54) is 5.56 Å². The smallest absolute Gasteiger partial charge is 0.0247 e. The Labute approximate surface area is 125 Å². The zero-order valence-electron chi connectivity index (χ0n) is 14.1. The first kappa shape index (κ1) is 17.2. The molecule has 0 aliphatic heterocycles. The van der Waals surface area contributed by atoms with Gasteiger partial charge in [-0.25, -0.2) is 0 Å². The van der Waals surface area contributed by atoms with Crippen molar-refractivity contribution in [1.29, 1.82) is 0 Å². The van der Waals surface area contributed by atoms with Crippen molar-refractivity contribution in [3.8, 4) is 0 Å². The van der Waals surface area contributed by atoms with Crippen LogP contribution in [0.5, 0.6) is 0 Å². The third-order valence-corrected chi connectivity index (χ3v) is 3.71. The standard InChI is InChI=1S/C18H32N2/c1-7-20(14-16-11-9-8-10-12-16)17(15(2)3)13-19-18(4,5)6/h8-12,15,17,19H,7,13-14H2,1-6H3. The molecule has 1 unspecified atom stereocenters. The van der Waals surface area contributed by atoms with E-state index in [0.717, 1.165) is 19.6 Å². The molecule has 2 nitrogen and oxygen atoms in total. The first-order valence-corrected chi connectivity index (χ1v) is 7.86. The van der Waals surface area contributed by atoms with Crippen LogP contribution in [-0.4, -0.2) is 29.6 Å². The van der Waals surface area contributed by atoms with Gasteiger partial charge >= 0.3 is 0 Å². The highest BCUT2D eigenvalue weighted by Crippen LogP contribution is 2.15. The van der Waals surface area contributed by atoms with Crippen LogP contribution in [0.2, 0.25) is 0 Å². The predicted molar refractivity (Wildman–Crippen MR) is 88.9 cm³/mol. The van der Waals surface area contributed by atoms with Gasteiger partial charge < -0.3 is 5.32 Å². The van der Waals surface area contributed by atoms with Gasteiger partial charge in [-0.3, -0.25) is 4.90 Å². The molecule has 20 heavy (non-hydrogen) atoms. The van der Waals surface area contributed by atoms with Crippen LogP contribution in [0.25, 0.3) is 0 Å². The maximum atomic E-state index is 3.66. The molecule has 0 radical (unpaired) electrons. The fourth-order valence-electron chi connectivity index (χ4n) is 2.48. The van der Waals surface area contributed by atoms with Gasteiger partial charge in [-0.15, -0.1) is 0 Å². The van der Waals surface area contributed by atoms with Crippen molar-refractivity contribution in [1.82, 2.24) is 10.2 Å². The number of likely N-dealkylation sites (N-methyl/N-ethyl adjacent to an activating group) is 1. The first-order valence-electron chi connectivity index (χ1n) is 7.86. The molecule has 1 aromatic carbocycles. The average molecular weight is 276 g/mol. The molecule has 0 aromatic heterocycles. The van der Waals surface area contributed by atoms with Crippen molar-refractivity contribution in [2.24, 2.45) is 5.92 Å². The summed E-state index contributed by atoms with van der Waals surface area (Å²) >= 11 is 0. The SMILES string of the molecule is CCN(Cc1ccccc1)C(CNC(C)(C)C)C(C)C. The Morgan fingerprint density at radius 1 is 1.10 bits per heavy atom. The Kier molecular flexibility index (Phi) is 6.70. The normalized spacial score (nSPS) is 14.0. The lowest BCUT2D eigenvalue weighted by Gasteiger charge is -2.36. The van der Waals surface area contributed by atoms with Gasteiger partial charge in [-0.05, 0) is 38.8 Å². The van der Waals surface area contributed by atoms with E-state index < -0.39 is 0 Å². The van der Waals surface area contributed by atoms with Gasteiger partial charge in [0.05, 0.1) is 0 Å². The molecule has 0 heterocycles. The molecule has 1 N–H and O–H groups in total. The van der Waals surface area contributed by atoms with Crippen molar-refractivity contribution >= 4 is 0 Å². The molecule has 2 heteroatoms. The zero-order chi connectivity index (χ0) is 15.2. The second kappa shape index (κ2) is 7.80. The second-order valence-electron chi connectivity index (χ2n) is 6.99. The molecule has 0 saturated carbocycles.